The van der Waals surface area contributed by atoms with Gasteiger partial charge in [-0.1, -0.05) is 12.1 Å². The number of carbonyl (C=O) groups excluding carboxylic acids is 3. The molecule has 1 fully saturated rings. The number of nitrogens with one attached hydrogen (secondary N) is 1. The zero-order valence-corrected chi connectivity index (χ0v) is 14.4. The molecule has 0 unspecified atom stereocenters. The van der Waals surface area contributed by atoms with Gasteiger partial charge in [0.25, 0.3) is 5.91 Å². The van der Waals surface area contributed by atoms with Crippen LogP contribution in [-0.2, 0) is 16.1 Å². The number of methoxy groups -OCH3 is 1. The van der Waals surface area contributed by atoms with Crippen LogP contribution in [0.2, 0.25) is 0 Å². The highest BCUT2D eigenvalue weighted by Crippen LogP contribution is 2.31. The summed E-state index contributed by atoms with van der Waals surface area (Å²) in [5, 5.41) is 23.2. The van der Waals surface area contributed by atoms with Crippen molar-refractivity contribution in [1.82, 2.24) is 10.2 Å². The van der Waals surface area contributed by atoms with Crippen molar-refractivity contribution in [2.75, 3.05) is 7.11 Å². The average molecular weight is 387 g/mol. The summed E-state index contributed by atoms with van der Waals surface area (Å²) in [5.74, 6) is -1.98. The maximum atomic E-state index is 12.5. The highest BCUT2D eigenvalue weighted by Gasteiger charge is 2.34. The van der Waals surface area contributed by atoms with Crippen LogP contribution in [0.4, 0.5) is 10.5 Å². The number of hydrogen-bond donors (Lipinski definition) is 2. The molecule has 2 N–H and O–H groups in total. The SMILES string of the molecule is COC(=O)c1ccc(CN2C(=O)NC(=Cc3cccc([N+](=O)[O-])c3O)C2=O)o1. The van der Waals surface area contributed by atoms with Crippen molar-refractivity contribution in [3.63, 3.8) is 0 Å². The van der Waals surface area contributed by atoms with E-state index in [9.17, 15) is 29.6 Å². The molecule has 11 heteroatoms. The lowest BCUT2D eigenvalue weighted by atomic mass is 10.1. The van der Waals surface area contributed by atoms with Crippen molar-refractivity contribution in [2.45, 2.75) is 6.54 Å². The van der Waals surface area contributed by atoms with Crippen LogP contribution >= 0.6 is 0 Å². The maximum absolute atomic E-state index is 12.5. The van der Waals surface area contributed by atoms with Gasteiger partial charge in [0, 0.05) is 11.6 Å². The largest absolute Gasteiger partial charge is 0.502 e. The Labute approximate surface area is 156 Å². The molecule has 28 heavy (non-hydrogen) atoms. The smallest absolute Gasteiger partial charge is 0.373 e. The number of para-hydroxylation sites is 1. The van der Waals surface area contributed by atoms with Gasteiger partial charge in [0.05, 0.1) is 18.6 Å². The first-order chi connectivity index (χ1) is 13.3. The van der Waals surface area contributed by atoms with Crippen LogP contribution in [0.1, 0.15) is 21.9 Å². The number of nitro groups is 1. The number of nitrogens with zero attached hydrogens (tertiary/aromatic N) is 2. The second-order valence-corrected chi connectivity index (χ2v) is 5.61. The minimum atomic E-state index is -0.769. The maximum Gasteiger partial charge on any atom is 0.373 e. The number of aromatic hydroxyl groups is 1. The van der Waals surface area contributed by atoms with Gasteiger partial charge in [-0.2, -0.15) is 0 Å². The minimum Gasteiger partial charge on any atom is -0.502 e. The van der Waals surface area contributed by atoms with Crippen molar-refractivity contribution in [3.8, 4) is 5.75 Å². The monoisotopic (exact) mass is 387 g/mol. The molecule has 3 amide bonds. The van der Waals surface area contributed by atoms with Gasteiger partial charge in [-0.05, 0) is 18.2 Å². The normalized spacial score (nSPS) is 15.0. The van der Waals surface area contributed by atoms with Crippen LogP contribution in [0, 0.1) is 10.1 Å². The van der Waals surface area contributed by atoms with E-state index in [2.05, 4.69) is 10.1 Å². The average Bonchev–Trinajstić information content (AvgIpc) is 3.23. The Morgan fingerprint density at radius 3 is 2.79 bits per heavy atom. The number of imide groups is 1. The van der Waals surface area contributed by atoms with Crippen molar-refractivity contribution in [2.24, 2.45) is 0 Å². The number of carbonyl (C=O) groups is 3. The summed E-state index contributed by atoms with van der Waals surface area (Å²) in [4.78, 5) is 46.9. The molecule has 0 saturated carbocycles. The second-order valence-electron chi connectivity index (χ2n) is 5.61. The highest BCUT2D eigenvalue weighted by atomic mass is 16.6. The summed E-state index contributed by atoms with van der Waals surface area (Å²) in [6.45, 7) is -0.250. The molecule has 11 nitrogen and oxygen atoms in total. The lowest BCUT2D eigenvalue weighted by Gasteiger charge is -2.09. The molecular formula is C17H13N3O8. The van der Waals surface area contributed by atoms with Crippen LogP contribution in [0.25, 0.3) is 6.08 Å². The fraction of sp³-hybridized carbons (Fsp3) is 0.118. The molecular weight excluding hydrogens is 374 g/mol. The Kier molecular flexibility index (Phi) is 4.81. The fourth-order valence-corrected chi connectivity index (χ4v) is 2.51. The van der Waals surface area contributed by atoms with Crippen LogP contribution in [0.15, 0.2) is 40.4 Å². The van der Waals surface area contributed by atoms with Crippen LogP contribution in [-0.4, -0.2) is 39.9 Å². The quantitative estimate of drug-likeness (QED) is 0.259. The van der Waals surface area contributed by atoms with Crippen LogP contribution in [0.5, 0.6) is 5.75 Å². The van der Waals surface area contributed by atoms with Crippen LogP contribution in [0.3, 0.4) is 0 Å². The molecule has 0 spiro atoms. The number of esters is 1. The summed E-state index contributed by atoms with van der Waals surface area (Å²) in [5.41, 5.74) is -0.722. The third-order valence-corrected chi connectivity index (χ3v) is 3.87. The van der Waals surface area contributed by atoms with Gasteiger partial charge < -0.3 is 19.6 Å². The molecule has 1 saturated heterocycles. The molecule has 1 aromatic heterocycles. The summed E-state index contributed by atoms with van der Waals surface area (Å²) < 4.78 is 9.74. The summed E-state index contributed by atoms with van der Waals surface area (Å²) in [7, 11) is 1.18. The number of hydrogen-bond acceptors (Lipinski definition) is 8. The number of nitro benzene ring substituents is 1. The Morgan fingerprint density at radius 2 is 2.11 bits per heavy atom. The first-order valence-electron chi connectivity index (χ1n) is 7.79. The molecule has 1 aliphatic rings. The van der Waals surface area contributed by atoms with Gasteiger partial charge in [0.2, 0.25) is 11.5 Å². The first kappa shape index (κ1) is 18.6. The van der Waals surface area contributed by atoms with Gasteiger partial charge in [-0.25, -0.2) is 9.59 Å². The van der Waals surface area contributed by atoms with E-state index >= 15 is 0 Å². The fourth-order valence-electron chi connectivity index (χ4n) is 2.51. The first-order valence-corrected chi connectivity index (χ1v) is 7.79. The van der Waals surface area contributed by atoms with Gasteiger partial charge in [0.1, 0.15) is 11.5 Å². The van der Waals surface area contributed by atoms with E-state index in [1.165, 1.54) is 31.4 Å². The van der Waals surface area contributed by atoms with Gasteiger partial charge in [-0.15, -0.1) is 0 Å². The molecule has 3 rings (SSSR count). The second kappa shape index (κ2) is 7.23. The van der Waals surface area contributed by atoms with Gasteiger partial charge in [-0.3, -0.25) is 19.8 Å². The number of urea groups is 1. The summed E-state index contributed by atoms with van der Waals surface area (Å²) in [6.07, 6.45) is 1.13. The molecule has 0 radical (unpaired) electrons. The third-order valence-electron chi connectivity index (χ3n) is 3.87. The highest BCUT2D eigenvalue weighted by molar-refractivity contribution is 6.14. The van der Waals surface area contributed by atoms with Gasteiger partial charge in [0.15, 0.2) is 0 Å². The van der Waals surface area contributed by atoms with E-state index < -0.39 is 34.3 Å². The van der Waals surface area contributed by atoms with Crippen molar-refractivity contribution in [1.29, 1.82) is 0 Å². The molecule has 1 aromatic carbocycles. The van der Waals surface area contributed by atoms with E-state index in [1.54, 1.807) is 0 Å². The summed E-state index contributed by atoms with van der Waals surface area (Å²) >= 11 is 0. The predicted octanol–water partition coefficient (Wildman–Crippen LogP) is 1.77. The number of amides is 3. The zero-order valence-electron chi connectivity index (χ0n) is 14.4. The number of ether oxygens (including phenoxy) is 1. The lowest BCUT2D eigenvalue weighted by Crippen LogP contribution is -2.30. The number of benzene rings is 1. The van der Waals surface area contributed by atoms with Crippen molar-refractivity contribution >= 4 is 29.7 Å². The topological polar surface area (TPSA) is 152 Å². The van der Waals surface area contributed by atoms with Crippen molar-refractivity contribution < 1.29 is 33.6 Å². The van der Waals surface area contributed by atoms with Crippen LogP contribution < -0.4 is 5.32 Å². The number of phenols is 1. The van der Waals surface area contributed by atoms with E-state index in [1.807, 2.05) is 0 Å². The zero-order chi connectivity index (χ0) is 20.4. The molecule has 144 valence electrons. The van der Waals surface area contributed by atoms with Gasteiger partial charge >= 0.3 is 17.7 Å². The Hall–Kier alpha value is -4.15. The van der Waals surface area contributed by atoms with E-state index in [0.29, 0.717) is 0 Å². The molecule has 0 bridgehead atoms. The Morgan fingerprint density at radius 1 is 1.36 bits per heavy atom. The Bertz CT molecular complexity index is 1020. The lowest BCUT2D eigenvalue weighted by molar-refractivity contribution is -0.385. The van der Waals surface area contributed by atoms with E-state index in [-0.39, 0.29) is 29.3 Å². The van der Waals surface area contributed by atoms with Crippen molar-refractivity contribution in [3.05, 3.63) is 63.2 Å². The number of phenolic OH excluding ortho intramolecular Hbond substituents is 1. The Balaban J connectivity index is 1.83. The standard InChI is InChI=1S/C17H13N3O8/c1-27-16(23)13-6-5-10(28-13)8-19-15(22)11(18-17(19)24)7-9-3-2-4-12(14(9)21)20(25)26/h2-7,21H,8H2,1H3,(H,18,24). The molecule has 1 aliphatic heterocycles. The minimum absolute atomic E-state index is 0.00863. The molecule has 0 atom stereocenters. The van der Waals surface area contributed by atoms with E-state index in [4.69, 9.17) is 4.42 Å². The third kappa shape index (κ3) is 3.40. The number of rotatable bonds is 5. The molecule has 2 aromatic rings. The predicted molar refractivity (Wildman–Crippen MR) is 91.9 cm³/mol. The summed E-state index contributed by atoms with van der Waals surface area (Å²) in [6, 6.07) is 5.80. The number of furan rings is 1. The molecule has 0 aliphatic carbocycles. The molecule has 2 heterocycles. The van der Waals surface area contributed by atoms with E-state index in [0.717, 1.165) is 17.0 Å².